The van der Waals surface area contributed by atoms with Crippen LogP contribution in [0, 0.1) is 0 Å². The van der Waals surface area contributed by atoms with E-state index in [2.05, 4.69) is 18.2 Å². The minimum absolute atomic E-state index is 0.0272. The minimum atomic E-state index is -1.05. The van der Waals surface area contributed by atoms with Crippen LogP contribution in [0.25, 0.3) is 32.5 Å². The highest BCUT2D eigenvalue weighted by Crippen LogP contribution is 2.31. The van der Waals surface area contributed by atoms with Crippen molar-refractivity contribution >= 4 is 38.5 Å². The largest absolute Gasteiger partial charge is 0.475 e. The van der Waals surface area contributed by atoms with Gasteiger partial charge in [-0.1, -0.05) is 30.3 Å². The van der Waals surface area contributed by atoms with Gasteiger partial charge in [-0.15, -0.1) is 0 Å². The molecule has 0 radical (unpaired) electrons. The molecule has 20 heavy (non-hydrogen) atoms. The summed E-state index contributed by atoms with van der Waals surface area (Å²) in [5.41, 5.74) is 0.602. The lowest BCUT2D eigenvalue weighted by atomic mass is 10.0. The number of carbonyl (C=O) groups is 1. The van der Waals surface area contributed by atoms with E-state index < -0.39 is 5.97 Å². The Morgan fingerprint density at radius 2 is 1.60 bits per heavy atom. The molecule has 0 aliphatic carbocycles. The number of rotatable bonds is 1. The molecule has 3 aromatic carbocycles. The fourth-order valence-corrected chi connectivity index (χ4v) is 2.64. The maximum Gasteiger partial charge on any atom is 0.371 e. The monoisotopic (exact) mass is 262 g/mol. The van der Waals surface area contributed by atoms with Crippen molar-refractivity contribution in [3.8, 4) is 0 Å². The van der Waals surface area contributed by atoms with E-state index in [9.17, 15) is 4.79 Å². The summed E-state index contributed by atoms with van der Waals surface area (Å²) in [5.74, 6) is -1.07. The molecular weight excluding hydrogens is 252 g/mol. The van der Waals surface area contributed by atoms with Crippen molar-refractivity contribution < 1.29 is 14.3 Å². The molecule has 0 aliphatic heterocycles. The third kappa shape index (κ3) is 1.50. The van der Waals surface area contributed by atoms with Crippen molar-refractivity contribution in [1.29, 1.82) is 0 Å². The Morgan fingerprint density at radius 1 is 0.850 bits per heavy atom. The summed E-state index contributed by atoms with van der Waals surface area (Å²) in [5, 5.41) is 14.3. The lowest BCUT2D eigenvalue weighted by molar-refractivity contribution is 0.0665. The fraction of sp³-hybridized carbons (Fsp3) is 0. The van der Waals surface area contributed by atoms with Crippen molar-refractivity contribution in [3.63, 3.8) is 0 Å². The molecule has 3 nitrogen and oxygen atoms in total. The van der Waals surface area contributed by atoms with E-state index >= 15 is 0 Å². The quantitative estimate of drug-likeness (QED) is 0.516. The van der Waals surface area contributed by atoms with Crippen LogP contribution in [-0.4, -0.2) is 11.1 Å². The highest BCUT2D eigenvalue weighted by atomic mass is 16.4. The normalized spacial score (nSPS) is 11.4. The Labute approximate surface area is 114 Å². The second-order valence-corrected chi connectivity index (χ2v) is 4.81. The van der Waals surface area contributed by atoms with Gasteiger partial charge in [-0.2, -0.15) is 0 Å². The molecule has 4 rings (SSSR count). The number of furan rings is 1. The van der Waals surface area contributed by atoms with Gasteiger partial charge in [0.2, 0.25) is 5.76 Å². The van der Waals surface area contributed by atoms with Gasteiger partial charge in [-0.05, 0) is 45.8 Å². The summed E-state index contributed by atoms with van der Waals surface area (Å²) in [7, 11) is 0. The molecule has 0 fully saturated rings. The van der Waals surface area contributed by atoms with Crippen molar-refractivity contribution in [3.05, 3.63) is 60.4 Å². The highest BCUT2D eigenvalue weighted by Gasteiger charge is 2.12. The van der Waals surface area contributed by atoms with Gasteiger partial charge in [0.25, 0.3) is 0 Å². The molecule has 0 unspecified atom stereocenters. The Kier molecular flexibility index (Phi) is 2.12. The van der Waals surface area contributed by atoms with Gasteiger partial charge in [0.1, 0.15) is 5.58 Å². The van der Waals surface area contributed by atoms with Crippen LogP contribution in [-0.2, 0) is 0 Å². The van der Waals surface area contributed by atoms with Crippen LogP contribution in [0.15, 0.2) is 59.0 Å². The first-order chi connectivity index (χ1) is 9.72. The average Bonchev–Trinajstić information content (AvgIpc) is 2.90. The van der Waals surface area contributed by atoms with Crippen LogP contribution >= 0.6 is 0 Å². The molecular formula is C17H10O3. The zero-order chi connectivity index (χ0) is 13.7. The number of hydrogen-bond donors (Lipinski definition) is 1. The summed E-state index contributed by atoms with van der Waals surface area (Å²) < 4.78 is 5.35. The summed E-state index contributed by atoms with van der Waals surface area (Å²) >= 11 is 0. The van der Waals surface area contributed by atoms with Crippen LogP contribution < -0.4 is 0 Å². The molecule has 1 aromatic heterocycles. The van der Waals surface area contributed by atoms with E-state index in [0.717, 1.165) is 21.5 Å². The van der Waals surface area contributed by atoms with Crippen molar-refractivity contribution in [2.24, 2.45) is 0 Å². The van der Waals surface area contributed by atoms with Gasteiger partial charge in [-0.3, -0.25) is 0 Å². The third-order valence-corrected chi connectivity index (χ3v) is 3.59. The average molecular weight is 262 g/mol. The molecule has 0 bridgehead atoms. The first-order valence-corrected chi connectivity index (χ1v) is 6.31. The van der Waals surface area contributed by atoms with Crippen molar-refractivity contribution in [2.75, 3.05) is 0 Å². The van der Waals surface area contributed by atoms with Crippen molar-refractivity contribution in [1.82, 2.24) is 0 Å². The molecule has 96 valence electrons. The Balaban J connectivity index is 2.16. The van der Waals surface area contributed by atoms with Crippen molar-refractivity contribution in [2.45, 2.75) is 0 Å². The fourth-order valence-electron chi connectivity index (χ4n) is 2.64. The molecule has 0 atom stereocenters. The zero-order valence-corrected chi connectivity index (χ0v) is 10.5. The number of benzene rings is 3. The minimum Gasteiger partial charge on any atom is -0.475 e. The molecule has 0 amide bonds. The standard InChI is InChI=1S/C17H10O3/c18-17(19)16-9-14-13-8-11-4-2-1-3-10(11)7-12(13)5-6-15(14)20-16/h1-9H,(H,18,19). The Bertz CT molecular complexity index is 979. The van der Waals surface area contributed by atoms with Crippen LogP contribution in [0.3, 0.4) is 0 Å². The molecule has 1 N–H and O–H groups in total. The lowest BCUT2D eigenvalue weighted by Gasteiger charge is -2.02. The van der Waals surface area contributed by atoms with E-state index in [-0.39, 0.29) is 5.76 Å². The van der Waals surface area contributed by atoms with Gasteiger partial charge < -0.3 is 9.52 Å². The molecule has 0 spiro atoms. The molecule has 1 heterocycles. The maximum atomic E-state index is 11.0. The van der Waals surface area contributed by atoms with Gasteiger partial charge >= 0.3 is 5.97 Å². The van der Waals surface area contributed by atoms with Gasteiger partial charge in [0, 0.05) is 5.39 Å². The van der Waals surface area contributed by atoms with Crippen LogP contribution in [0.4, 0.5) is 0 Å². The van der Waals surface area contributed by atoms with E-state index in [1.54, 1.807) is 6.07 Å². The lowest BCUT2D eigenvalue weighted by Crippen LogP contribution is -1.91. The maximum absolute atomic E-state index is 11.0. The summed E-state index contributed by atoms with van der Waals surface area (Å²) in [4.78, 5) is 11.0. The van der Waals surface area contributed by atoms with E-state index in [4.69, 9.17) is 9.52 Å². The summed E-state index contributed by atoms with van der Waals surface area (Å²) in [6, 6.07) is 17.7. The van der Waals surface area contributed by atoms with Gasteiger partial charge in [0.15, 0.2) is 0 Å². The molecule has 3 heteroatoms. The second kappa shape index (κ2) is 3.84. The summed E-state index contributed by atoms with van der Waals surface area (Å²) in [6.45, 7) is 0. The SMILES string of the molecule is O=C(O)c1cc2c(ccc3cc4ccccc4cc32)o1. The molecule has 0 saturated heterocycles. The zero-order valence-electron chi connectivity index (χ0n) is 10.5. The number of carboxylic acids is 1. The Morgan fingerprint density at radius 3 is 2.35 bits per heavy atom. The molecule has 0 aliphatic rings. The molecule has 0 saturated carbocycles. The Hall–Kier alpha value is -2.81. The number of fused-ring (bicyclic) bond motifs is 4. The predicted molar refractivity (Wildman–Crippen MR) is 78.2 cm³/mol. The first-order valence-electron chi connectivity index (χ1n) is 6.31. The summed E-state index contributed by atoms with van der Waals surface area (Å²) in [6.07, 6.45) is 0. The second-order valence-electron chi connectivity index (χ2n) is 4.81. The third-order valence-electron chi connectivity index (χ3n) is 3.59. The van der Waals surface area contributed by atoms with Crippen LogP contribution in [0.1, 0.15) is 10.6 Å². The number of carboxylic acid groups (broad SMARTS) is 1. The highest BCUT2D eigenvalue weighted by molar-refractivity contribution is 6.12. The topological polar surface area (TPSA) is 50.4 Å². The predicted octanol–water partition coefficient (Wildman–Crippen LogP) is 4.44. The van der Waals surface area contributed by atoms with Gasteiger partial charge in [-0.25, -0.2) is 4.79 Å². The molecule has 4 aromatic rings. The van der Waals surface area contributed by atoms with Crippen LogP contribution in [0.5, 0.6) is 0 Å². The van der Waals surface area contributed by atoms with E-state index in [0.29, 0.717) is 5.58 Å². The first kappa shape index (κ1) is 11.1. The number of hydrogen-bond acceptors (Lipinski definition) is 2. The number of aromatic carboxylic acids is 1. The van der Waals surface area contributed by atoms with E-state index in [1.165, 1.54) is 5.39 Å². The van der Waals surface area contributed by atoms with E-state index in [1.807, 2.05) is 30.3 Å². The van der Waals surface area contributed by atoms with Gasteiger partial charge in [0.05, 0.1) is 0 Å². The van der Waals surface area contributed by atoms with Crippen LogP contribution in [0.2, 0.25) is 0 Å². The smallest absolute Gasteiger partial charge is 0.371 e.